The van der Waals surface area contributed by atoms with E-state index in [2.05, 4.69) is 22.5 Å². The molecule has 0 aromatic heterocycles. The smallest absolute Gasteiger partial charge is 0.229 e. The number of benzene rings is 2. The molecule has 1 unspecified atom stereocenters. The van der Waals surface area contributed by atoms with Gasteiger partial charge in [0, 0.05) is 6.42 Å². The molecule has 0 fully saturated rings. The zero-order chi connectivity index (χ0) is 19.8. The highest BCUT2D eigenvalue weighted by atomic mass is 16.5. The maximum atomic E-state index is 12.2. The van der Waals surface area contributed by atoms with Crippen molar-refractivity contribution in [2.45, 2.75) is 38.6 Å². The number of aryl methyl sites for hydroxylation is 1. The van der Waals surface area contributed by atoms with Gasteiger partial charge in [0.05, 0.1) is 19.1 Å². The molecule has 1 heterocycles. The van der Waals surface area contributed by atoms with Crippen molar-refractivity contribution in [1.29, 1.82) is 0 Å². The summed E-state index contributed by atoms with van der Waals surface area (Å²) in [5, 5.41) is 5.33. The number of para-hydroxylation sites is 1. The molecule has 0 aliphatic carbocycles. The number of aliphatic imine (C=N–C) groups is 1. The number of amides is 2. The molecule has 28 heavy (non-hydrogen) atoms. The van der Waals surface area contributed by atoms with E-state index in [1.165, 1.54) is 5.56 Å². The van der Waals surface area contributed by atoms with Gasteiger partial charge >= 0.3 is 0 Å². The van der Waals surface area contributed by atoms with E-state index >= 15 is 0 Å². The first-order valence-corrected chi connectivity index (χ1v) is 9.58. The van der Waals surface area contributed by atoms with Crippen molar-refractivity contribution in [3.63, 3.8) is 0 Å². The summed E-state index contributed by atoms with van der Waals surface area (Å²) in [6, 6.07) is 17.3. The van der Waals surface area contributed by atoms with Gasteiger partial charge in [-0.2, -0.15) is 0 Å². The average Bonchev–Trinajstić information content (AvgIpc) is 2.71. The van der Waals surface area contributed by atoms with Gasteiger partial charge in [0.1, 0.15) is 5.75 Å². The van der Waals surface area contributed by atoms with Gasteiger partial charge in [0.2, 0.25) is 17.8 Å². The Morgan fingerprint density at radius 2 is 1.93 bits per heavy atom. The molecule has 2 aromatic rings. The average molecular weight is 379 g/mol. The lowest BCUT2D eigenvalue weighted by Crippen LogP contribution is -2.47. The van der Waals surface area contributed by atoms with Crippen LogP contribution in [0.3, 0.4) is 0 Å². The summed E-state index contributed by atoms with van der Waals surface area (Å²) in [6.07, 6.45) is 2.10. The number of carbonyl (C=O) groups is 2. The minimum atomic E-state index is -0.281. The molecular weight excluding hydrogens is 354 g/mol. The van der Waals surface area contributed by atoms with E-state index in [0.717, 1.165) is 17.7 Å². The Hall–Kier alpha value is -3.15. The van der Waals surface area contributed by atoms with E-state index in [1.807, 2.05) is 54.6 Å². The Bertz CT molecular complexity index is 832. The van der Waals surface area contributed by atoms with Crippen LogP contribution in [0, 0.1) is 0 Å². The molecule has 3 rings (SSSR count). The van der Waals surface area contributed by atoms with Crippen LogP contribution in [0.15, 0.2) is 59.6 Å². The van der Waals surface area contributed by atoms with Crippen LogP contribution in [-0.4, -0.2) is 24.4 Å². The minimum absolute atomic E-state index is 0.151. The summed E-state index contributed by atoms with van der Waals surface area (Å²) in [5.74, 6) is 0.651. The number of nitrogens with zero attached hydrogens (tertiary/aromatic N) is 1. The van der Waals surface area contributed by atoms with Gasteiger partial charge in [0.15, 0.2) is 0 Å². The van der Waals surface area contributed by atoms with E-state index < -0.39 is 0 Å². The molecule has 0 radical (unpaired) electrons. The first-order valence-electron chi connectivity index (χ1n) is 9.58. The Balaban J connectivity index is 1.50. The van der Waals surface area contributed by atoms with Crippen LogP contribution < -0.4 is 15.4 Å². The quantitative estimate of drug-likeness (QED) is 0.726. The molecule has 0 bridgehead atoms. The highest BCUT2D eigenvalue weighted by Crippen LogP contribution is 2.24. The number of carbonyl (C=O) groups excluding carboxylic acids is 2. The third kappa shape index (κ3) is 5.67. The number of nitrogens with one attached hydrogen (secondary N) is 2. The highest BCUT2D eigenvalue weighted by molar-refractivity contribution is 6.06. The zero-order valence-electron chi connectivity index (χ0n) is 16.0. The summed E-state index contributed by atoms with van der Waals surface area (Å²) < 4.78 is 5.58. The monoisotopic (exact) mass is 379 g/mol. The molecule has 2 N–H and O–H groups in total. The number of hydrogen-bond acceptors (Lipinski definition) is 4. The maximum Gasteiger partial charge on any atom is 0.229 e. The second-order valence-electron chi connectivity index (χ2n) is 6.65. The van der Waals surface area contributed by atoms with E-state index in [1.54, 1.807) is 0 Å². The van der Waals surface area contributed by atoms with Gasteiger partial charge in [-0.15, -0.1) is 0 Å². The van der Waals surface area contributed by atoms with Gasteiger partial charge in [-0.05, 0) is 36.1 Å². The first-order chi connectivity index (χ1) is 13.6. The van der Waals surface area contributed by atoms with E-state index in [-0.39, 0.29) is 36.7 Å². The van der Waals surface area contributed by atoms with Crippen LogP contribution in [0.25, 0.3) is 0 Å². The topological polar surface area (TPSA) is 79.8 Å². The molecule has 146 valence electrons. The molecule has 0 saturated carbocycles. The van der Waals surface area contributed by atoms with Crippen molar-refractivity contribution in [3.05, 3.63) is 65.7 Å². The van der Waals surface area contributed by atoms with E-state index in [4.69, 9.17) is 4.74 Å². The van der Waals surface area contributed by atoms with Crippen molar-refractivity contribution in [2.24, 2.45) is 4.99 Å². The summed E-state index contributed by atoms with van der Waals surface area (Å²) in [6.45, 7) is 2.54. The molecular formula is C22H25N3O3. The van der Waals surface area contributed by atoms with Crippen LogP contribution in [0.5, 0.6) is 5.75 Å². The van der Waals surface area contributed by atoms with Crippen molar-refractivity contribution in [3.8, 4) is 5.75 Å². The van der Waals surface area contributed by atoms with Crippen LogP contribution in [0.1, 0.15) is 43.4 Å². The number of ether oxygens (including phenoxy) is 1. The zero-order valence-corrected chi connectivity index (χ0v) is 16.0. The van der Waals surface area contributed by atoms with Crippen LogP contribution in [0.4, 0.5) is 0 Å². The second kappa shape index (κ2) is 9.69. The Morgan fingerprint density at radius 3 is 2.64 bits per heavy atom. The van der Waals surface area contributed by atoms with E-state index in [9.17, 15) is 9.59 Å². The largest absolute Gasteiger partial charge is 0.494 e. The summed E-state index contributed by atoms with van der Waals surface area (Å²) in [7, 11) is 0. The second-order valence-corrected chi connectivity index (χ2v) is 6.65. The molecule has 0 spiro atoms. The molecule has 1 aliphatic heterocycles. The van der Waals surface area contributed by atoms with Crippen molar-refractivity contribution >= 4 is 17.8 Å². The van der Waals surface area contributed by atoms with Crippen molar-refractivity contribution < 1.29 is 14.3 Å². The maximum absolute atomic E-state index is 12.2. The lowest BCUT2D eigenvalue weighted by Gasteiger charge is -2.21. The van der Waals surface area contributed by atoms with Crippen LogP contribution in [-0.2, 0) is 16.0 Å². The molecule has 6 nitrogen and oxygen atoms in total. The van der Waals surface area contributed by atoms with Gasteiger partial charge in [0.25, 0.3) is 0 Å². The Morgan fingerprint density at radius 1 is 1.18 bits per heavy atom. The third-order valence-electron chi connectivity index (χ3n) is 4.51. The molecule has 1 atom stereocenters. The van der Waals surface area contributed by atoms with Crippen LogP contribution >= 0.6 is 0 Å². The summed E-state index contributed by atoms with van der Waals surface area (Å²) in [4.78, 5) is 28.7. The fraction of sp³-hybridized carbons (Fsp3) is 0.318. The molecule has 6 heteroatoms. The number of rotatable bonds is 7. The highest BCUT2D eigenvalue weighted by Gasteiger charge is 2.23. The third-order valence-corrected chi connectivity index (χ3v) is 4.51. The predicted molar refractivity (Wildman–Crippen MR) is 108 cm³/mol. The molecule has 2 amide bonds. The lowest BCUT2D eigenvalue weighted by atomic mass is 10.0. The van der Waals surface area contributed by atoms with Gasteiger partial charge < -0.3 is 4.74 Å². The fourth-order valence-electron chi connectivity index (χ4n) is 2.96. The lowest BCUT2D eigenvalue weighted by molar-refractivity contribution is -0.120. The Kier molecular flexibility index (Phi) is 6.78. The van der Waals surface area contributed by atoms with Crippen molar-refractivity contribution in [2.75, 3.05) is 6.61 Å². The normalized spacial score (nSPS) is 16.1. The molecule has 0 saturated heterocycles. The van der Waals surface area contributed by atoms with Gasteiger partial charge in [-0.1, -0.05) is 49.4 Å². The summed E-state index contributed by atoms with van der Waals surface area (Å²) in [5.41, 5.74) is 2.20. The van der Waals surface area contributed by atoms with Gasteiger partial charge in [-0.25, -0.2) is 4.99 Å². The summed E-state index contributed by atoms with van der Waals surface area (Å²) >= 11 is 0. The minimum Gasteiger partial charge on any atom is -0.494 e. The van der Waals surface area contributed by atoms with Crippen molar-refractivity contribution in [1.82, 2.24) is 10.6 Å². The first kappa shape index (κ1) is 19.6. The van der Waals surface area contributed by atoms with Gasteiger partial charge in [-0.3, -0.25) is 20.2 Å². The molecule has 2 aromatic carbocycles. The standard InChI is InChI=1S/C22H25N3O3/c1-2-16-10-12-17(13-11-16)19-15-21(27)25-22(23-19)24-20(26)9-6-14-28-18-7-4-3-5-8-18/h3-5,7-8,10-13,19H,2,6,9,14-15H2,1H3,(H2,23,24,25,26,27). The number of hydrogen-bond donors (Lipinski definition) is 2. The molecule has 1 aliphatic rings. The fourth-order valence-corrected chi connectivity index (χ4v) is 2.96. The number of guanidine groups is 1. The Labute approximate surface area is 165 Å². The SMILES string of the molecule is CCc1ccc(C2CC(=O)NC(NC(=O)CCCOc3ccccc3)=N2)cc1. The van der Waals surface area contributed by atoms with E-state index in [0.29, 0.717) is 13.0 Å². The van der Waals surface area contributed by atoms with Crippen LogP contribution in [0.2, 0.25) is 0 Å². The predicted octanol–water partition coefficient (Wildman–Crippen LogP) is 3.14.